The number of benzene rings is 2. The Kier molecular flexibility index (Phi) is 9.32. The first-order valence-electron chi connectivity index (χ1n) is 10.5. The third-order valence-corrected chi connectivity index (χ3v) is 4.83. The molecule has 0 saturated carbocycles. The van der Waals surface area contributed by atoms with Crippen molar-refractivity contribution < 1.29 is 18.7 Å². The largest absolute Gasteiger partial charge is 0.494 e. The van der Waals surface area contributed by atoms with E-state index in [0.29, 0.717) is 26.0 Å². The predicted octanol–water partition coefficient (Wildman–Crippen LogP) is 4.24. The first kappa shape index (κ1) is 23.4. The minimum atomic E-state index is -0.569. The Hall–Kier alpha value is -2.89. The van der Waals surface area contributed by atoms with Crippen LogP contribution in [0.4, 0.5) is 4.39 Å². The SMILES string of the molecule is CCNC(=O)[C@@H](CC)N(Cc1ccc(F)cc1)C(=O)CCCOc1ccc(C)cc1. The molecule has 0 bridgehead atoms. The molecule has 2 amide bonds. The minimum Gasteiger partial charge on any atom is -0.494 e. The monoisotopic (exact) mass is 414 g/mol. The summed E-state index contributed by atoms with van der Waals surface area (Å²) in [6, 6.07) is 13.2. The second-order valence-electron chi connectivity index (χ2n) is 7.23. The Balaban J connectivity index is 2.01. The molecule has 0 aliphatic heterocycles. The molecule has 30 heavy (non-hydrogen) atoms. The number of nitrogens with one attached hydrogen (secondary N) is 1. The highest BCUT2D eigenvalue weighted by molar-refractivity contribution is 5.87. The topological polar surface area (TPSA) is 58.6 Å². The molecular formula is C24H31FN2O3. The Labute approximate surface area is 178 Å². The molecule has 2 rings (SSSR count). The van der Waals surface area contributed by atoms with Gasteiger partial charge in [-0.25, -0.2) is 4.39 Å². The second kappa shape index (κ2) is 12.0. The van der Waals surface area contributed by atoms with Gasteiger partial charge in [0.25, 0.3) is 0 Å². The van der Waals surface area contributed by atoms with Gasteiger partial charge in [0.05, 0.1) is 6.61 Å². The Morgan fingerprint density at radius 3 is 2.33 bits per heavy atom. The van der Waals surface area contributed by atoms with E-state index in [1.165, 1.54) is 12.1 Å². The normalized spacial score (nSPS) is 11.6. The minimum absolute atomic E-state index is 0.120. The summed E-state index contributed by atoms with van der Waals surface area (Å²) in [5.41, 5.74) is 1.94. The van der Waals surface area contributed by atoms with Crippen LogP contribution in [0.15, 0.2) is 48.5 Å². The van der Waals surface area contributed by atoms with E-state index in [0.717, 1.165) is 16.9 Å². The van der Waals surface area contributed by atoms with Crippen molar-refractivity contribution >= 4 is 11.8 Å². The Bertz CT molecular complexity index is 806. The van der Waals surface area contributed by atoms with Crippen LogP contribution in [0.25, 0.3) is 0 Å². The van der Waals surface area contributed by atoms with Gasteiger partial charge in [0.15, 0.2) is 0 Å². The van der Waals surface area contributed by atoms with Crippen molar-refractivity contribution in [1.29, 1.82) is 0 Å². The molecule has 1 atom stereocenters. The lowest BCUT2D eigenvalue weighted by Gasteiger charge is -2.30. The van der Waals surface area contributed by atoms with Crippen molar-refractivity contribution in [1.82, 2.24) is 10.2 Å². The van der Waals surface area contributed by atoms with Gasteiger partial charge < -0.3 is 15.0 Å². The fourth-order valence-corrected chi connectivity index (χ4v) is 3.19. The summed E-state index contributed by atoms with van der Waals surface area (Å²) in [5, 5.41) is 2.80. The van der Waals surface area contributed by atoms with Gasteiger partial charge in [-0.1, -0.05) is 36.8 Å². The maximum Gasteiger partial charge on any atom is 0.242 e. The first-order valence-corrected chi connectivity index (χ1v) is 10.5. The molecule has 0 fully saturated rings. The summed E-state index contributed by atoms with van der Waals surface area (Å²) in [4.78, 5) is 27.1. The van der Waals surface area contributed by atoms with Crippen LogP contribution in [-0.2, 0) is 16.1 Å². The lowest BCUT2D eigenvalue weighted by Crippen LogP contribution is -2.49. The van der Waals surface area contributed by atoms with Crippen molar-refractivity contribution in [2.45, 2.75) is 52.6 Å². The summed E-state index contributed by atoms with van der Waals surface area (Å²) in [7, 11) is 0. The van der Waals surface area contributed by atoms with Gasteiger partial charge >= 0.3 is 0 Å². The van der Waals surface area contributed by atoms with E-state index in [2.05, 4.69) is 5.32 Å². The molecule has 1 N–H and O–H groups in total. The number of amides is 2. The van der Waals surface area contributed by atoms with E-state index in [1.54, 1.807) is 17.0 Å². The van der Waals surface area contributed by atoms with Gasteiger partial charge in [0.1, 0.15) is 17.6 Å². The van der Waals surface area contributed by atoms with Gasteiger partial charge in [-0.2, -0.15) is 0 Å². The van der Waals surface area contributed by atoms with Gasteiger partial charge in [-0.3, -0.25) is 9.59 Å². The maximum atomic E-state index is 13.2. The van der Waals surface area contributed by atoms with Crippen molar-refractivity contribution in [3.63, 3.8) is 0 Å². The number of halogens is 1. The standard InChI is InChI=1S/C24H31FN2O3/c1-4-22(24(29)26-5-2)27(17-19-10-12-20(25)13-11-19)23(28)7-6-16-30-21-14-8-18(3)9-15-21/h8-15,22H,4-7,16-17H2,1-3H3,(H,26,29)/t22-/m1/s1. The molecule has 0 unspecified atom stereocenters. The molecule has 0 spiro atoms. The number of aryl methyl sites for hydroxylation is 1. The van der Waals surface area contributed by atoms with E-state index in [9.17, 15) is 14.0 Å². The van der Waals surface area contributed by atoms with Crippen molar-refractivity contribution in [3.05, 3.63) is 65.5 Å². The van der Waals surface area contributed by atoms with Crippen molar-refractivity contribution in [3.8, 4) is 5.75 Å². The number of nitrogens with zero attached hydrogens (tertiary/aromatic N) is 1. The summed E-state index contributed by atoms with van der Waals surface area (Å²) < 4.78 is 18.9. The number of hydrogen-bond acceptors (Lipinski definition) is 3. The molecule has 0 aliphatic carbocycles. The second-order valence-corrected chi connectivity index (χ2v) is 7.23. The van der Waals surface area contributed by atoms with E-state index in [-0.39, 0.29) is 30.6 Å². The summed E-state index contributed by atoms with van der Waals surface area (Å²) in [5.74, 6) is 0.141. The summed E-state index contributed by atoms with van der Waals surface area (Å²) in [6.07, 6.45) is 1.31. The quantitative estimate of drug-likeness (QED) is 0.560. The van der Waals surface area contributed by atoms with E-state index in [1.807, 2.05) is 45.0 Å². The number of carbonyl (C=O) groups is 2. The van der Waals surface area contributed by atoms with Crippen LogP contribution in [-0.4, -0.2) is 35.9 Å². The molecule has 6 heteroatoms. The van der Waals surface area contributed by atoms with Crippen LogP contribution in [0, 0.1) is 12.7 Å². The van der Waals surface area contributed by atoms with Crippen LogP contribution in [0.3, 0.4) is 0 Å². The molecule has 0 heterocycles. The molecule has 2 aromatic carbocycles. The van der Waals surface area contributed by atoms with Gasteiger partial charge in [-0.05, 0) is 56.5 Å². The highest BCUT2D eigenvalue weighted by Crippen LogP contribution is 2.16. The predicted molar refractivity (Wildman–Crippen MR) is 116 cm³/mol. The molecule has 2 aromatic rings. The number of carbonyl (C=O) groups excluding carboxylic acids is 2. The van der Waals surface area contributed by atoms with Crippen LogP contribution in [0.1, 0.15) is 44.2 Å². The van der Waals surface area contributed by atoms with Crippen molar-refractivity contribution in [2.75, 3.05) is 13.2 Å². The molecule has 5 nitrogen and oxygen atoms in total. The zero-order chi connectivity index (χ0) is 21.9. The maximum absolute atomic E-state index is 13.2. The molecule has 0 aromatic heterocycles. The summed E-state index contributed by atoms with van der Waals surface area (Å²) in [6.45, 7) is 6.91. The number of ether oxygens (including phenoxy) is 1. The van der Waals surface area contributed by atoms with E-state index in [4.69, 9.17) is 4.74 Å². The highest BCUT2D eigenvalue weighted by atomic mass is 19.1. The highest BCUT2D eigenvalue weighted by Gasteiger charge is 2.28. The van der Waals surface area contributed by atoms with Gasteiger partial charge in [-0.15, -0.1) is 0 Å². The number of likely N-dealkylation sites (N-methyl/N-ethyl adjacent to an activating group) is 1. The number of rotatable bonds is 11. The smallest absolute Gasteiger partial charge is 0.242 e. The van der Waals surface area contributed by atoms with E-state index >= 15 is 0 Å². The first-order chi connectivity index (χ1) is 14.4. The Morgan fingerprint density at radius 1 is 1.07 bits per heavy atom. The fourth-order valence-electron chi connectivity index (χ4n) is 3.19. The third-order valence-electron chi connectivity index (χ3n) is 4.83. The van der Waals surface area contributed by atoms with Crippen LogP contribution in [0.2, 0.25) is 0 Å². The average molecular weight is 415 g/mol. The van der Waals surface area contributed by atoms with E-state index < -0.39 is 6.04 Å². The zero-order valence-corrected chi connectivity index (χ0v) is 18.0. The van der Waals surface area contributed by atoms with Gasteiger partial charge in [0.2, 0.25) is 11.8 Å². The van der Waals surface area contributed by atoms with Crippen LogP contribution >= 0.6 is 0 Å². The van der Waals surface area contributed by atoms with Gasteiger partial charge in [0, 0.05) is 19.5 Å². The van der Waals surface area contributed by atoms with Crippen LogP contribution < -0.4 is 10.1 Å². The lowest BCUT2D eigenvalue weighted by molar-refractivity contribution is -0.141. The molecule has 0 saturated heterocycles. The average Bonchev–Trinajstić information content (AvgIpc) is 2.74. The van der Waals surface area contributed by atoms with Crippen LogP contribution in [0.5, 0.6) is 5.75 Å². The third kappa shape index (κ3) is 7.17. The molecule has 162 valence electrons. The lowest BCUT2D eigenvalue weighted by atomic mass is 10.1. The number of hydrogen-bond donors (Lipinski definition) is 1. The molecule has 0 radical (unpaired) electrons. The van der Waals surface area contributed by atoms with Crippen molar-refractivity contribution in [2.24, 2.45) is 0 Å². The zero-order valence-electron chi connectivity index (χ0n) is 18.0. The Morgan fingerprint density at radius 2 is 1.73 bits per heavy atom. The summed E-state index contributed by atoms with van der Waals surface area (Å²) >= 11 is 0. The molecular weight excluding hydrogens is 383 g/mol. The molecule has 0 aliphatic rings. The fraction of sp³-hybridized carbons (Fsp3) is 0.417.